The summed E-state index contributed by atoms with van der Waals surface area (Å²) in [5, 5.41) is 3.08. The Morgan fingerprint density at radius 1 is 1.17 bits per heavy atom. The first kappa shape index (κ1) is 21.0. The van der Waals surface area contributed by atoms with Gasteiger partial charge in [-0.05, 0) is 44.0 Å². The molecule has 4 nitrogen and oxygen atoms in total. The lowest BCUT2D eigenvalue weighted by Gasteiger charge is -2.21. The van der Waals surface area contributed by atoms with Crippen molar-refractivity contribution >= 4 is 29.9 Å². The van der Waals surface area contributed by atoms with Crippen molar-refractivity contribution in [3.63, 3.8) is 0 Å². The van der Waals surface area contributed by atoms with Crippen LogP contribution in [0.1, 0.15) is 43.7 Å². The van der Waals surface area contributed by atoms with E-state index in [0.29, 0.717) is 19.0 Å². The van der Waals surface area contributed by atoms with Gasteiger partial charge in [0.1, 0.15) is 0 Å². The third-order valence-electron chi connectivity index (χ3n) is 4.20. The molecule has 1 fully saturated rings. The molecule has 3 N–H and O–H groups in total. The molecule has 0 amide bonds. The van der Waals surface area contributed by atoms with Crippen LogP contribution in [0.25, 0.3) is 0 Å². The van der Waals surface area contributed by atoms with E-state index in [4.69, 9.17) is 5.73 Å². The zero-order chi connectivity index (χ0) is 16.5. The van der Waals surface area contributed by atoms with E-state index in [0.717, 1.165) is 12.1 Å². The molecule has 0 saturated carbocycles. The van der Waals surface area contributed by atoms with Crippen LogP contribution in [0.4, 0.5) is 0 Å². The highest BCUT2D eigenvalue weighted by molar-refractivity contribution is 14.0. The van der Waals surface area contributed by atoms with Gasteiger partial charge in [-0.1, -0.05) is 49.3 Å². The van der Waals surface area contributed by atoms with Gasteiger partial charge in [0, 0.05) is 13.1 Å². The molecule has 1 saturated heterocycles. The van der Waals surface area contributed by atoms with Crippen LogP contribution in [0.2, 0.25) is 0 Å². The summed E-state index contributed by atoms with van der Waals surface area (Å²) in [5.41, 5.74) is 9.59. The average Bonchev–Trinajstić information content (AvgIpc) is 2.81. The molecule has 24 heavy (non-hydrogen) atoms. The van der Waals surface area contributed by atoms with Gasteiger partial charge in [-0.2, -0.15) is 0 Å². The van der Waals surface area contributed by atoms with Crippen molar-refractivity contribution in [3.05, 3.63) is 47.5 Å². The standard InChI is InChI=1S/C19H30N4.HI/c1-16(2)13-21-19(20)22-14-17-9-5-6-10-18(17)15-23-11-7-3-4-8-12-23;/h5-6,9-10H,1,3-4,7-8,11-15H2,2H3,(H3,20,21,22);1H. The summed E-state index contributed by atoms with van der Waals surface area (Å²) in [6, 6.07) is 8.56. The molecule has 134 valence electrons. The van der Waals surface area contributed by atoms with Crippen LogP contribution in [0, 0.1) is 0 Å². The first-order valence-electron chi connectivity index (χ1n) is 8.62. The minimum Gasteiger partial charge on any atom is -0.370 e. The Bertz CT molecular complexity index is 534. The quantitative estimate of drug-likeness (QED) is 0.306. The lowest BCUT2D eigenvalue weighted by Crippen LogP contribution is -2.32. The summed E-state index contributed by atoms with van der Waals surface area (Å²) in [7, 11) is 0. The van der Waals surface area contributed by atoms with Gasteiger partial charge in [-0.25, -0.2) is 4.99 Å². The molecule has 1 aromatic carbocycles. The molecule has 0 aliphatic carbocycles. The Balaban J connectivity index is 0.00000288. The molecule has 0 spiro atoms. The van der Waals surface area contributed by atoms with Crippen molar-refractivity contribution in [1.29, 1.82) is 0 Å². The molecule has 0 unspecified atom stereocenters. The van der Waals surface area contributed by atoms with Crippen molar-refractivity contribution in [1.82, 2.24) is 10.2 Å². The van der Waals surface area contributed by atoms with E-state index in [1.807, 2.05) is 6.92 Å². The number of halogens is 1. The minimum absolute atomic E-state index is 0. The first-order chi connectivity index (χ1) is 11.1. The minimum atomic E-state index is 0. The Hall–Kier alpha value is -1.08. The molecule has 2 rings (SSSR count). The average molecular weight is 442 g/mol. The highest BCUT2D eigenvalue weighted by Crippen LogP contribution is 2.16. The van der Waals surface area contributed by atoms with Crippen molar-refractivity contribution < 1.29 is 0 Å². The van der Waals surface area contributed by atoms with Crippen LogP contribution >= 0.6 is 24.0 Å². The lowest BCUT2D eigenvalue weighted by atomic mass is 10.1. The van der Waals surface area contributed by atoms with Crippen molar-refractivity contribution in [3.8, 4) is 0 Å². The number of benzene rings is 1. The molecular weight excluding hydrogens is 411 g/mol. The van der Waals surface area contributed by atoms with Crippen LogP contribution in [-0.4, -0.2) is 30.5 Å². The van der Waals surface area contributed by atoms with Gasteiger partial charge in [0.25, 0.3) is 0 Å². The van der Waals surface area contributed by atoms with E-state index in [-0.39, 0.29) is 24.0 Å². The molecule has 1 aliphatic rings. The van der Waals surface area contributed by atoms with Crippen LogP contribution in [0.15, 0.2) is 41.4 Å². The molecule has 0 radical (unpaired) electrons. The Kier molecular flexibility index (Phi) is 10.0. The van der Waals surface area contributed by atoms with Crippen LogP contribution in [-0.2, 0) is 13.1 Å². The maximum atomic E-state index is 5.91. The van der Waals surface area contributed by atoms with Gasteiger partial charge in [0.05, 0.1) is 6.54 Å². The third kappa shape index (κ3) is 7.66. The molecule has 0 bridgehead atoms. The van der Waals surface area contributed by atoms with Crippen LogP contribution in [0.5, 0.6) is 0 Å². The van der Waals surface area contributed by atoms with E-state index < -0.39 is 0 Å². The summed E-state index contributed by atoms with van der Waals surface area (Å²) >= 11 is 0. The van der Waals surface area contributed by atoms with Gasteiger partial charge < -0.3 is 11.1 Å². The second kappa shape index (κ2) is 11.5. The zero-order valence-electron chi connectivity index (χ0n) is 14.8. The van der Waals surface area contributed by atoms with Gasteiger partial charge in [0.2, 0.25) is 0 Å². The predicted octanol–water partition coefficient (Wildman–Crippen LogP) is 3.66. The fourth-order valence-electron chi connectivity index (χ4n) is 2.87. The van der Waals surface area contributed by atoms with E-state index in [1.165, 1.54) is 49.9 Å². The van der Waals surface area contributed by atoms with Gasteiger partial charge in [0.15, 0.2) is 5.96 Å². The lowest BCUT2D eigenvalue weighted by molar-refractivity contribution is 0.276. The van der Waals surface area contributed by atoms with E-state index in [1.54, 1.807) is 0 Å². The summed E-state index contributed by atoms with van der Waals surface area (Å²) in [6.07, 6.45) is 5.37. The first-order valence-corrected chi connectivity index (χ1v) is 8.62. The summed E-state index contributed by atoms with van der Waals surface area (Å²) in [5.74, 6) is 0.484. The summed E-state index contributed by atoms with van der Waals surface area (Å²) in [4.78, 5) is 7.03. The van der Waals surface area contributed by atoms with Crippen molar-refractivity contribution in [2.24, 2.45) is 10.7 Å². The molecule has 5 heteroatoms. The van der Waals surface area contributed by atoms with Gasteiger partial charge in [-0.3, -0.25) is 4.90 Å². The second-order valence-electron chi connectivity index (χ2n) is 6.47. The smallest absolute Gasteiger partial charge is 0.189 e. The molecule has 1 aliphatic heterocycles. The number of aliphatic imine (C=N–C) groups is 1. The number of guanidine groups is 1. The molecule has 1 aromatic rings. The zero-order valence-corrected chi connectivity index (χ0v) is 17.1. The number of likely N-dealkylation sites (tertiary alicyclic amines) is 1. The molecule has 1 heterocycles. The second-order valence-corrected chi connectivity index (χ2v) is 6.47. The number of hydrogen-bond acceptors (Lipinski definition) is 2. The third-order valence-corrected chi connectivity index (χ3v) is 4.20. The maximum absolute atomic E-state index is 5.91. The number of rotatable bonds is 6. The van der Waals surface area contributed by atoms with Crippen LogP contribution < -0.4 is 11.1 Å². The fourth-order valence-corrected chi connectivity index (χ4v) is 2.87. The highest BCUT2D eigenvalue weighted by atomic mass is 127. The topological polar surface area (TPSA) is 53.6 Å². The highest BCUT2D eigenvalue weighted by Gasteiger charge is 2.11. The van der Waals surface area contributed by atoms with E-state index in [2.05, 4.69) is 46.1 Å². The van der Waals surface area contributed by atoms with Crippen molar-refractivity contribution in [2.45, 2.75) is 45.7 Å². The summed E-state index contributed by atoms with van der Waals surface area (Å²) in [6.45, 7) is 10.6. The number of nitrogens with zero attached hydrogens (tertiary/aromatic N) is 2. The number of nitrogens with one attached hydrogen (secondary N) is 1. The maximum Gasteiger partial charge on any atom is 0.189 e. The van der Waals surface area contributed by atoms with Gasteiger partial charge in [-0.15, -0.1) is 24.0 Å². The van der Waals surface area contributed by atoms with Crippen LogP contribution in [0.3, 0.4) is 0 Å². The monoisotopic (exact) mass is 442 g/mol. The van der Waals surface area contributed by atoms with E-state index in [9.17, 15) is 0 Å². The van der Waals surface area contributed by atoms with E-state index >= 15 is 0 Å². The van der Waals surface area contributed by atoms with Gasteiger partial charge >= 0.3 is 0 Å². The largest absolute Gasteiger partial charge is 0.370 e. The molecule has 0 aromatic heterocycles. The SMILES string of the molecule is C=C(C)CNC(N)=NCc1ccccc1CN1CCCCCC1.I. The predicted molar refractivity (Wildman–Crippen MR) is 114 cm³/mol. The molecule has 0 atom stereocenters. The summed E-state index contributed by atoms with van der Waals surface area (Å²) < 4.78 is 0. The molecular formula is C19H31IN4. The number of nitrogens with two attached hydrogens (primary N) is 1. The Morgan fingerprint density at radius 3 is 2.42 bits per heavy atom. The van der Waals surface area contributed by atoms with Crippen molar-refractivity contribution in [2.75, 3.05) is 19.6 Å². The normalized spacial score (nSPS) is 16.1. The Morgan fingerprint density at radius 2 is 1.79 bits per heavy atom. The number of hydrogen-bond donors (Lipinski definition) is 2. The fraction of sp³-hybridized carbons (Fsp3) is 0.526. The Labute approximate surface area is 163 Å².